The van der Waals surface area contributed by atoms with Gasteiger partial charge in [-0.2, -0.15) is 0 Å². The van der Waals surface area contributed by atoms with Crippen LogP contribution in [0.4, 0.5) is 5.69 Å². The molecular weight excluding hydrogens is 531 g/mol. The number of nitrogens with one attached hydrogen (secondary N) is 3. The Balaban J connectivity index is 0.00000544. The Morgan fingerprint density at radius 3 is 2.61 bits per heavy atom. The van der Waals surface area contributed by atoms with Gasteiger partial charge in [0.05, 0.1) is 13.2 Å². The lowest BCUT2D eigenvalue weighted by Crippen LogP contribution is -2.32. The van der Waals surface area contributed by atoms with Crippen LogP contribution in [0.25, 0.3) is 0 Å². The molecule has 33 heavy (non-hydrogen) atoms. The highest BCUT2D eigenvalue weighted by atomic mass is 127. The molecule has 0 aromatic heterocycles. The van der Waals surface area contributed by atoms with Crippen LogP contribution < -0.4 is 20.7 Å². The summed E-state index contributed by atoms with van der Waals surface area (Å²) in [5.74, 6) is 1.40. The van der Waals surface area contributed by atoms with E-state index in [-0.39, 0.29) is 35.9 Å². The molecule has 0 spiro atoms. The van der Waals surface area contributed by atoms with E-state index >= 15 is 0 Å². The number of rotatable bonds is 12. The van der Waals surface area contributed by atoms with Gasteiger partial charge in [-0.05, 0) is 50.1 Å². The summed E-state index contributed by atoms with van der Waals surface area (Å²) in [6.45, 7) is 8.53. The molecule has 2 aromatic rings. The van der Waals surface area contributed by atoms with Crippen LogP contribution in [0.15, 0.2) is 53.5 Å². The standard InChI is InChI=1S/C25H36N4O3.HI/c1-5-19(3)28-24(30)21-11-7-10-20(16-21)18-27-25(26-6-2)29-22-12-8-13-23(17-22)32-15-9-14-31-4;/h7-8,10-13,16-17,19H,5-6,9,14-15,18H2,1-4H3,(H,28,30)(H2,26,27,29);1H. The van der Waals surface area contributed by atoms with E-state index in [1.54, 1.807) is 7.11 Å². The highest BCUT2D eigenvalue weighted by Crippen LogP contribution is 2.17. The molecule has 0 saturated heterocycles. The molecule has 0 aliphatic heterocycles. The van der Waals surface area contributed by atoms with E-state index in [1.165, 1.54) is 0 Å². The third-order valence-corrected chi connectivity index (χ3v) is 4.80. The third kappa shape index (κ3) is 10.9. The number of hydrogen-bond donors (Lipinski definition) is 3. The minimum atomic E-state index is -0.0578. The van der Waals surface area contributed by atoms with Crippen molar-refractivity contribution in [2.75, 3.05) is 32.2 Å². The number of anilines is 1. The Labute approximate surface area is 214 Å². The Kier molecular flexibility index (Phi) is 14.2. The van der Waals surface area contributed by atoms with Crippen LogP contribution >= 0.6 is 24.0 Å². The zero-order valence-electron chi connectivity index (χ0n) is 20.0. The first-order valence-corrected chi connectivity index (χ1v) is 11.2. The minimum Gasteiger partial charge on any atom is -0.493 e. The maximum atomic E-state index is 12.4. The molecule has 1 amide bonds. The number of nitrogens with zero attached hydrogens (tertiary/aromatic N) is 1. The van der Waals surface area contributed by atoms with E-state index in [9.17, 15) is 4.79 Å². The van der Waals surface area contributed by atoms with Crippen LogP contribution in [-0.4, -0.2) is 44.8 Å². The highest BCUT2D eigenvalue weighted by molar-refractivity contribution is 14.0. The average molecular weight is 569 g/mol. The highest BCUT2D eigenvalue weighted by Gasteiger charge is 2.09. The maximum absolute atomic E-state index is 12.4. The second-order valence-electron chi connectivity index (χ2n) is 7.53. The van der Waals surface area contributed by atoms with Gasteiger partial charge in [-0.1, -0.05) is 25.1 Å². The fraction of sp³-hybridized carbons (Fsp3) is 0.440. The lowest BCUT2D eigenvalue weighted by Gasteiger charge is -2.13. The molecule has 0 saturated carbocycles. The van der Waals surface area contributed by atoms with Crippen LogP contribution in [0, 0.1) is 0 Å². The molecule has 2 aromatic carbocycles. The minimum absolute atomic E-state index is 0. The second-order valence-corrected chi connectivity index (χ2v) is 7.53. The first-order valence-electron chi connectivity index (χ1n) is 11.2. The van der Waals surface area contributed by atoms with Crippen molar-refractivity contribution in [3.05, 3.63) is 59.7 Å². The van der Waals surface area contributed by atoms with Crippen molar-refractivity contribution in [3.8, 4) is 5.75 Å². The fourth-order valence-electron chi connectivity index (χ4n) is 2.89. The molecule has 7 nitrogen and oxygen atoms in total. The number of carbonyl (C=O) groups is 1. The van der Waals surface area contributed by atoms with Gasteiger partial charge >= 0.3 is 0 Å². The molecule has 182 valence electrons. The molecule has 0 aliphatic rings. The summed E-state index contributed by atoms with van der Waals surface area (Å²) in [6.07, 6.45) is 1.74. The zero-order chi connectivity index (χ0) is 23.2. The topological polar surface area (TPSA) is 84.0 Å². The molecule has 0 bridgehead atoms. The van der Waals surface area contributed by atoms with Crippen LogP contribution in [0.3, 0.4) is 0 Å². The van der Waals surface area contributed by atoms with Gasteiger partial charge in [-0.3, -0.25) is 4.79 Å². The van der Waals surface area contributed by atoms with Gasteiger partial charge in [0.1, 0.15) is 5.75 Å². The van der Waals surface area contributed by atoms with Crippen molar-refractivity contribution in [3.63, 3.8) is 0 Å². The van der Waals surface area contributed by atoms with Gasteiger partial charge in [-0.15, -0.1) is 24.0 Å². The predicted octanol–water partition coefficient (Wildman–Crippen LogP) is 4.83. The average Bonchev–Trinajstić information content (AvgIpc) is 2.81. The van der Waals surface area contributed by atoms with Crippen molar-refractivity contribution in [2.24, 2.45) is 4.99 Å². The fourth-order valence-corrected chi connectivity index (χ4v) is 2.89. The quantitative estimate of drug-likeness (QED) is 0.148. The Morgan fingerprint density at radius 1 is 1.09 bits per heavy atom. The lowest BCUT2D eigenvalue weighted by atomic mass is 10.1. The number of methoxy groups -OCH3 is 1. The van der Waals surface area contributed by atoms with Crippen molar-refractivity contribution in [2.45, 2.75) is 46.2 Å². The Bertz CT molecular complexity index is 876. The van der Waals surface area contributed by atoms with E-state index in [4.69, 9.17) is 9.47 Å². The molecule has 8 heteroatoms. The molecule has 1 unspecified atom stereocenters. The summed E-state index contributed by atoms with van der Waals surface area (Å²) in [5.41, 5.74) is 2.50. The summed E-state index contributed by atoms with van der Waals surface area (Å²) in [7, 11) is 1.68. The Morgan fingerprint density at radius 2 is 1.88 bits per heavy atom. The van der Waals surface area contributed by atoms with Crippen LogP contribution in [0.1, 0.15) is 49.5 Å². The first-order chi connectivity index (χ1) is 15.5. The number of carbonyl (C=O) groups excluding carboxylic acids is 1. The number of amides is 1. The second kappa shape index (κ2) is 16.3. The number of benzene rings is 2. The Hall–Kier alpha value is -2.33. The summed E-state index contributed by atoms with van der Waals surface area (Å²) in [4.78, 5) is 17.1. The number of guanidine groups is 1. The number of hydrogen-bond acceptors (Lipinski definition) is 4. The number of aliphatic imine (C=N–C) groups is 1. The van der Waals surface area contributed by atoms with E-state index in [0.717, 1.165) is 36.4 Å². The van der Waals surface area contributed by atoms with Crippen LogP contribution in [0.5, 0.6) is 5.75 Å². The number of halogens is 1. The van der Waals surface area contributed by atoms with Gasteiger partial charge in [-0.25, -0.2) is 4.99 Å². The van der Waals surface area contributed by atoms with Crippen LogP contribution in [-0.2, 0) is 11.3 Å². The molecule has 0 aliphatic carbocycles. The van der Waals surface area contributed by atoms with E-state index in [1.807, 2.05) is 62.4 Å². The van der Waals surface area contributed by atoms with Crippen LogP contribution in [0.2, 0.25) is 0 Å². The van der Waals surface area contributed by atoms with E-state index in [0.29, 0.717) is 31.3 Å². The van der Waals surface area contributed by atoms with Gasteiger partial charge in [0.15, 0.2) is 5.96 Å². The van der Waals surface area contributed by atoms with E-state index < -0.39 is 0 Å². The summed E-state index contributed by atoms with van der Waals surface area (Å²) in [5, 5.41) is 9.57. The smallest absolute Gasteiger partial charge is 0.251 e. The summed E-state index contributed by atoms with van der Waals surface area (Å²) in [6, 6.07) is 15.5. The summed E-state index contributed by atoms with van der Waals surface area (Å²) < 4.78 is 10.8. The molecular formula is C25H37IN4O3. The van der Waals surface area contributed by atoms with Gasteiger partial charge < -0.3 is 25.4 Å². The van der Waals surface area contributed by atoms with Crippen molar-refractivity contribution < 1.29 is 14.3 Å². The molecule has 3 N–H and O–H groups in total. The van der Waals surface area contributed by atoms with Gasteiger partial charge in [0.25, 0.3) is 5.91 Å². The summed E-state index contributed by atoms with van der Waals surface area (Å²) >= 11 is 0. The molecule has 0 heterocycles. The molecule has 1 atom stereocenters. The number of ether oxygens (including phenoxy) is 2. The lowest BCUT2D eigenvalue weighted by molar-refractivity contribution is 0.0939. The van der Waals surface area contributed by atoms with E-state index in [2.05, 4.69) is 27.9 Å². The molecule has 2 rings (SSSR count). The molecule has 0 fully saturated rings. The van der Waals surface area contributed by atoms with Crippen molar-refractivity contribution in [1.29, 1.82) is 0 Å². The zero-order valence-corrected chi connectivity index (χ0v) is 22.3. The van der Waals surface area contributed by atoms with Crippen molar-refractivity contribution >= 4 is 41.5 Å². The normalized spacial score (nSPS) is 11.8. The van der Waals surface area contributed by atoms with Gasteiger partial charge in [0, 0.05) is 50.0 Å². The molecule has 0 radical (unpaired) electrons. The predicted molar refractivity (Wildman–Crippen MR) is 146 cm³/mol. The largest absolute Gasteiger partial charge is 0.493 e. The third-order valence-electron chi connectivity index (χ3n) is 4.80. The monoisotopic (exact) mass is 568 g/mol. The first kappa shape index (κ1) is 28.7. The van der Waals surface area contributed by atoms with Crippen molar-refractivity contribution in [1.82, 2.24) is 10.6 Å². The van der Waals surface area contributed by atoms with Gasteiger partial charge in [0.2, 0.25) is 0 Å². The SMILES string of the molecule is CCNC(=NCc1cccc(C(=O)NC(C)CC)c1)Nc1cccc(OCCCOC)c1.I. The maximum Gasteiger partial charge on any atom is 0.251 e.